The summed E-state index contributed by atoms with van der Waals surface area (Å²) in [5.41, 5.74) is 3.93. The van der Waals surface area contributed by atoms with Gasteiger partial charge in [-0.2, -0.15) is 0 Å². The third kappa shape index (κ3) is 3.91. The summed E-state index contributed by atoms with van der Waals surface area (Å²) in [7, 11) is 3.37. The molecule has 5 rings (SSSR count). The molecule has 2 fully saturated rings. The van der Waals surface area contributed by atoms with Crippen LogP contribution in [0, 0.1) is 0 Å². The molecule has 0 spiro atoms. The number of nitrogens with zero attached hydrogens (tertiary/aromatic N) is 2. The van der Waals surface area contributed by atoms with Crippen molar-refractivity contribution in [2.45, 2.75) is 56.7 Å². The first-order valence-electron chi connectivity index (χ1n) is 11.5. The van der Waals surface area contributed by atoms with Gasteiger partial charge in [0.15, 0.2) is 0 Å². The van der Waals surface area contributed by atoms with Crippen LogP contribution >= 0.6 is 0 Å². The van der Waals surface area contributed by atoms with E-state index in [0.29, 0.717) is 18.6 Å². The van der Waals surface area contributed by atoms with E-state index in [-0.39, 0.29) is 11.9 Å². The summed E-state index contributed by atoms with van der Waals surface area (Å²) >= 11 is 0. The van der Waals surface area contributed by atoms with E-state index in [1.807, 2.05) is 18.2 Å². The molecule has 0 bridgehead atoms. The Hall–Kier alpha value is -2.53. The lowest BCUT2D eigenvalue weighted by molar-refractivity contribution is -0.134. The fraction of sp³-hybridized carbons (Fsp3) is 0.500. The highest BCUT2D eigenvalue weighted by atomic mass is 16.5. The van der Waals surface area contributed by atoms with Crippen molar-refractivity contribution in [3.05, 3.63) is 59.2 Å². The quantitative estimate of drug-likeness (QED) is 0.661. The SMILES string of the molecule is COc1ccc(OC)c(C2CCCN2C(=O)CN(C2CC2)C2CCc3ccccc32)c1. The van der Waals surface area contributed by atoms with Crippen LogP contribution in [0.2, 0.25) is 0 Å². The Morgan fingerprint density at radius 2 is 1.87 bits per heavy atom. The Bertz CT molecular complexity index is 955. The molecule has 2 aromatic carbocycles. The minimum absolute atomic E-state index is 0.0504. The first-order valence-corrected chi connectivity index (χ1v) is 11.5. The zero-order valence-electron chi connectivity index (χ0n) is 18.5. The van der Waals surface area contributed by atoms with E-state index >= 15 is 0 Å². The number of likely N-dealkylation sites (tertiary alicyclic amines) is 1. The standard InChI is InChI=1S/C26H32N2O3/c1-30-20-12-14-25(31-2)22(16-20)23-8-5-15-27(23)26(29)17-28(19-10-11-19)24-13-9-18-6-3-4-7-21(18)24/h3-4,6-7,12,14,16,19,23-24H,5,8-11,13,15,17H2,1-2H3. The number of hydrogen-bond acceptors (Lipinski definition) is 4. The molecule has 1 amide bonds. The molecule has 1 saturated heterocycles. The topological polar surface area (TPSA) is 42.0 Å². The number of fused-ring (bicyclic) bond motifs is 1. The number of carbonyl (C=O) groups excluding carboxylic acids is 1. The van der Waals surface area contributed by atoms with Gasteiger partial charge in [-0.1, -0.05) is 24.3 Å². The number of hydrogen-bond donors (Lipinski definition) is 0. The highest BCUT2D eigenvalue weighted by molar-refractivity contribution is 5.79. The van der Waals surface area contributed by atoms with Crippen molar-refractivity contribution in [1.29, 1.82) is 0 Å². The summed E-state index contributed by atoms with van der Waals surface area (Å²) in [5.74, 6) is 1.87. The Labute approximate surface area is 184 Å². The van der Waals surface area contributed by atoms with Gasteiger partial charge in [0, 0.05) is 24.2 Å². The second kappa shape index (κ2) is 8.54. The fourth-order valence-electron chi connectivity index (χ4n) is 5.51. The van der Waals surface area contributed by atoms with Crippen LogP contribution in [-0.2, 0) is 11.2 Å². The van der Waals surface area contributed by atoms with Crippen molar-refractivity contribution < 1.29 is 14.3 Å². The number of methoxy groups -OCH3 is 2. The van der Waals surface area contributed by atoms with E-state index in [1.165, 1.54) is 24.0 Å². The number of rotatable bonds is 7. The lowest BCUT2D eigenvalue weighted by Crippen LogP contribution is -2.42. The molecule has 2 unspecified atom stereocenters. The fourth-order valence-corrected chi connectivity index (χ4v) is 5.51. The second-order valence-electron chi connectivity index (χ2n) is 9.01. The van der Waals surface area contributed by atoms with Crippen LogP contribution in [0.3, 0.4) is 0 Å². The maximum atomic E-state index is 13.6. The van der Waals surface area contributed by atoms with E-state index in [9.17, 15) is 4.79 Å². The van der Waals surface area contributed by atoms with Crippen molar-refractivity contribution in [3.8, 4) is 11.5 Å². The van der Waals surface area contributed by atoms with E-state index in [1.54, 1.807) is 14.2 Å². The van der Waals surface area contributed by atoms with Gasteiger partial charge < -0.3 is 14.4 Å². The van der Waals surface area contributed by atoms with Crippen LogP contribution in [0.15, 0.2) is 42.5 Å². The van der Waals surface area contributed by atoms with Gasteiger partial charge >= 0.3 is 0 Å². The molecule has 0 aromatic heterocycles. The summed E-state index contributed by atoms with van der Waals surface area (Å²) in [6.07, 6.45) is 6.64. The van der Waals surface area contributed by atoms with Gasteiger partial charge in [-0.15, -0.1) is 0 Å². The molecule has 5 nitrogen and oxygen atoms in total. The third-order valence-electron chi connectivity index (χ3n) is 7.20. The van der Waals surface area contributed by atoms with Gasteiger partial charge in [-0.05, 0) is 67.9 Å². The third-order valence-corrected chi connectivity index (χ3v) is 7.20. The molecule has 31 heavy (non-hydrogen) atoms. The summed E-state index contributed by atoms with van der Waals surface area (Å²) in [6.45, 7) is 1.32. The molecule has 164 valence electrons. The molecule has 1 aliphatic heterocycles. The average molecular weight is 421 g/mol. The van der Waals surface area contributed by atoms with Crippen molar-refractivity contribution in [2.24, 2.45) is 0 Å². The van der Waals surface area contributed by atoms with Crippen LogP contribution in [-0.4, -0.2) is 49.1 Å². The van der Waals surface area contributed by atoms with E-state index in [0.717, 1.165) is 49.3 Å². The normalized spacial score (nSPS) is 22.6. The van der Waals surface area contributed by atoms with Crippen molar-refractivity contribution in [1.82, 2.24) is 9.80 Å². The molecule has 0 radical (unpaired) electrons. The van der Waals surface area contributed by atoms with Crippen LogP contribution in [0.5, 0.6) is 11.5 Å². The molecular formula is C26H32N2O3. The minimum Gasteiger partial charge on any atom is -0.497 e. The summed E-state index contributed by atoms with van der Waals surface area (Å²) in [4.78, 5) is 18.2. The minimum atomic E-state index is 0.0504. The van der Waals surface area contributed by atoms with E-state index < -0.39 is 0 Å². The first-order chi connectivity index (χ1) is 15.2. The van der Waals surface area contributed by atoms with Crippen molar-refractivity contribution in [2.75, 3.05) is 27.3 Å². The van der Waals surface area contributed by atoms with Gasteiger partial charge in [-0.3, -0.25) is 9.69 Å². The zero-order chi connectivity index (χ0) is 21.4. The number of amides is 1. The van der Waals surface area contributed by atoms with E-state index in [2.05, 4.69) is 34.1 Å². The summed E-state index contributed by atoms with van der Waals surface area (Å²) < 4.78 is 11.1. The highest BCUT2D eigenvalue weighted by Gasteiger charge is 2.40. The Morgan fingerprint density at radius 1 is 1.03 bits per heavy atom. The Balaban J connectivity index is 1.37. The maximum absolute atomic E-state index is 13.6. The lowest BCUT2D eigenvalue weighted by Gasteiger charge is -2.33. The lowest BCUT2D eigenvalue weighted by atomic mass is 10.0. The van der Waals surface area contributed by atoms with Gasteiger partial charge in [0.2, 0.25) is 5.91 Å². The molecule has 1 saturated carbocycles. The maximum Gasteiger partial charge on any atom is 0.237 e. The summed E-state index contributed by atoms with van der Waals surface area (Å²) in [6, 6.07) is 15.6. The van der Waals surface area contributed by atoms with Gasteiger partial charge in [0.25, 0.3) is 0 Å². The van der Waals surface area contributed by atoms with Gasteiger partial charge in [-0.25, -0.2) is 0 Å². The first kappa shape index (κ1) is 20.4. The number of ether oxygens (including phenoxy) is 2. The molecule has 0 N–H and O–H groups in total. The Kier molecular flexibility index (Phi) is 5.61. The molecule has 1 heterocycles. The largest absolute Gasteiger partial charge is 0.497 e. The smallest absolute Gasteiger partial charge is 0.237 e. The summed E-state index contributed by atoms with van der Waals surface area (Å²) in [5, 5.41) is 0. The van der Waals surface area contributed by atoms with Gasteiger partial charge in [0.05, 0.1) is 26.8 Å². The molecular weight excluding hydrogens is 388 g/mol. The molecule has 3 aliphatic rings. The second-order valence-corrected chi connectivity index (χ2v) is 9.01. The molecule has 2 atom stereocenters. The molecule has 5 heteroatoms. The predicted molar refractivity (Wildman–Crippen MR) is 120 cm³/mol. The van der Waals surface area contributed by atoms with E-state index in [4.69, 9.17) is 9.47 Å². The molecule has 2 aromatic rings. The number of benzene rings is 2. The highest BCUT2D eigenvalue weighted by Crippen LogP contribution is 2.43. The monoisotopic (exact) mass is 420 g/mol. The van der Waals surface area contributed by atoms with Gasteiger partial charge in [0.1, 0.15) is 11.5 Å². The predicted octanol–water partition coefficient (Wildman–Crippen LogP) is 4.52. The van der Waals surface area contributed by atoms with Crippen LogP contribution in [0.1, 0.15) is 60.9 Å². The van der Waals surface area contributed by atoms with Crippen molar-refractivity contribution in [3.63, 3.8) is 0 Å². The molecule has 2 aliphatic carbocycles. The zero-order valence-corrected chi connectivity index (χ0v) is 18.5. The number of aryl methyl sites for hydroxylation is 1. The van der Waals surface area contributed by atoms with Crippen LogP contribution < -0.4 is 9.47 Å². The number of carbonyl (C=O) groups is 1. The van der Waals surface area contributed by atoms with Crippen LogP contribution in [0.25, 0.3) is 0 Å². The average Bonchev–Trinajstić information content (AvgIpc) is 3.37. The van der Waals surface area contributed by atoms with Crippen LogP contribution in [0.4, 0.5) is 0 Å². The van der Waals surface area contributed by atoms with Crippen molar-refractivity contribution >= 4 is 5.91 Å². The Morgan fingerprint density at radius 3 is 2.65 bits per heavy atom.